The molecule has 5 nitrogen and oxygen atoms in total. The molecule has 0 saturated heterocycles. The van der Waals surface area contributed by atoms with Gasteiger partial charge >= 0.3 is 0 Å². The van der Waals surface area contributed by atoms with Gasteiger partial charge in [-0.2, -0.15) is 5.26 Å². The maximum Gasteiger partial charge on any atom is 0.266 e. The van der Waals surface area contributed by atoms with E-state index in [9.17, 15) is 10.1 Å². The van der Waals surface area contributed by atoms with Crippen molar-refractivity contribution in [2.24, 2.45) is 0 Å². The highest BCUT2D eigenvalue weighted by molar-refractivity contribution is 6.30. The number of nitrogens with one attached hydrogen (secondary N) is 1. The van der Waals surface area contributed by atoms with E-state index in [4.69, 9.17) is 16.3 Å². The Morgan fingerprint density at radius 3 is 2.31 bits per heavy atom. The van der Waals surface area contributed by atoms with E-state index in [1.165, 1.54) is 0 Å². The van der Waals surface area contributed by atoms with E-state index in [0.717, 1.165) is 39.5 Å². The van der Waals surface area contributed by atoms with E-state index >= 15 is 0 Å². The van der Waals surface area contributed by atoms with Crippen molar-refractivity contribution in [1.29, 1.82) is 5.26 Å². The minimum atomic E-state index is -0.437. The van der Waals surface area contributed by atoms with Gasteiger partial charge in [0.25, 0.3) is 5.91 Å². The number of aryl methyl sites for hydroxylation is 2. The molecule has 0 unspecified atom stereocenters. The molecule has 0 fully saturated rings. The van der Waals surface area contributed by atoms with Gasteiger partial charge in [0, 0.05) is 27.8 Å². The lowest BCUT2D eigenvalue weighted by atomic mass is 10.1. The molecule has 0 saturated carbocycles. The Morgan fingerprint density at radius 1 is 1.00 bits per heavy atom. The average Bonchev–Trinajstić information content (AvgIpc) is 3.16. The van der Waals surface area contributed by atoms with Crippen molar-refractivity contribution in [3.63, 3.8) is 0 Å². The van der Waals surface area contributed by atoms with E-state index in [2.05, 4.69) is 9.88 Å². The van der Waals surface area contributed by atoms with Gasteiger partial charge in [0.15, 0.2) is 0 Å². The van der Waals surface area contributed by atoms with Gasteiger partial charge in [-0.1, -0.05) is 41.4 Å². The Hall–Kier alpha value is -4.27. The third kappa shape index (κ3) is 5.86. The molecule has 1 heterocycles. The fourth-order valence-corrected chi connectivity index (χ4v) is 4.04. The summed E-state index contributed by atoms with van der Waals surface area (Å²) in [6.07, 6.45) is 1.63. The van der Waals surface area contributed by atoms with Gasteiger partial charge in [-0.05, 0) is 92.6 Å². The highest BCUT2D eigenvalue weighted by Crippen LogP contribution is 2.25. The Morgan fingerprint density at radius 2 is 1.67 bits per heavy atom. The number of amides is 1. The molecule has 36 heavy (non-hydrogen) atoms. The van der Waals surface area contributed by atoms with E-state index in [1.54, 1.807) is 6.08 Å². The predicted molar refractivity (Wildman–Crippen MR) is 144 cm³/mol. The van der Waals surface area contributed by atoms with Gasteiger partial charge in [-0.25, -0.2) is 0 Å². The fourth-order valence-electron chi connectivity index (χ4n) is 3.91. The lowest BCUT2D eigenvalue weighted by Gasteiger charge is -2.12. The molecule has 1 N–H and O–H groups in total. The summed E-state index contributed by atoms with van der Waals surface area (Å²) < 4.78 is 7.98. The van der Waals surface area contributed by atoms with Crippen molar-refractivity contribution in [3.05, 3.63) is 118 Å². The number of nitriles is 1. The van der Waals surface area contributed by atoms with Crippen LogP contribution in [0.3, 0.4) is 0 Å². The first kappa shape index (κ1) is 24.8. The number of benzene rings is 3. The van der Waals surface area contributed by atoms with Crippen LogP contribution in [0.15, 0.2) is 84.4 Å². The van der Waals surface area contributed by atoms with Crippen molar-refractivity contribution < 1.29 is 9.53 Å². The molecule has 0 bridgehead atoms. The minimum absolute atomic E-state index is 0.0433. The summed E-state index contributed by atoms with van der Waals surface area (Å²) in [6, 6.07) is 26.8. The van der Waals surface area contributed by atoms with Crippen LogP contribution in [0.25, 0.3) is 11.8 Å². The van der Waals surface area contributed by atoms with Gasteiger partial charge in [-0.15, -0.1) is 0 Å². The number of aromatic nitrogens is 1. The summed E-state index contributed by atoms with van der Waals surface area (Å²) in [4.78, 5) is 12.7. The number of anilines is 1. The molecule has 4 aromatic rings. The molecule has 0 radical (unpaired) electrons. The Balaban J connectivity index is 1.50. The summed E-state index contributed by atoms with van der Waals surface area (Å²) in [5, 5.41) is 13.1. The summed E-state index contributed by atoms with van der Waals surface area (Å²) in [5.74, 6) is 0.323. The molecule has 6 heteroatoms. The fraction of sp³-hybridized carbons (Fsp3) is 0.133. The first-order chi connectivity index (χ1) is 17.3. The average molecular weight is 496 g/mol. The normalized spacial score (nSPS) is 11.1. The molecular formula is C30H26ClN3O2. The molecular weight excluding hydrogens is 470 g/mol. The Labute approximate surface area is 216 Å². The zero-order valence-corrected chi connectivity index (χ0v) is 21.1. The molecule has 1 amide bonds. The zero-order valence-electron chi connectivity index (χ0n) is 20.4. The van der Waals surface area contributed by atoms with Crippen LogP contribution in [0.1, 0.15) is 28.1 Å². The molecule has 180 valence electrons. The van der Waals surface area contributed by atoms with Crippen LogP contribution in [0.5, 0.6) is 5.75 Å². The minimum Gasteiger partial charge on any atom is -0.489 e. The smallest absolute Gasteiger partial charge is 0.266 e. The predicted octanol–water partition coefficient (Wildman–Crippen LogP) is 7.18. The summed E-state index contributed by atoms with van der Waals surface area (Å²) in [6.45, 7) is 6.39. The van der Waals surface area contributed by atoms with Gasteiger partial charge in [0.1, 0.15) is 24.0 Å². The molecule has 1 aromatic heterocycles. The topological polar surface area (TPSA) is 67.0 Å². The third-order valence-electron chi connectivity index (χ3n) is 5.86. The summed E-state index contributed by atoms with van der Waals surface area (Å²) in [7, 11) is 0. The Bertz CT molecular complexity index is 1440. The third-order valence-corrected chi connectivity index (χ3v) is 6.11. The van der Waals surface area contributed by atoms with Crippen LogP contribution in [0, 0.1) is 32.1 Å². The van der Waals surface area contributed by atoms with Crippen LogP contribution in [0.4, 0.5) is 5.69 Å². The van der Waals surface area contributed by atoms with Gasteiger partial charge in [0.2, 0.25) is 0 Å². The van der Waals surface area contributed by atoms with Crippen LogP contribution >= 0.6 is 11.6 Å². The Kier molecular flexibility index (Phi) is 7.58. The van der Waals surface area contributed by atoms with Crippen LogP contribution < -0.4 is 10.1 Å². The zero-order chi connectivity index (χ0) is 25.7. The van der Waals surface area contributed by atoms with Crippen molar-refractivity contribution >= 4 is 29.3 Å². The van der Waals surface area contributed by atoms with Crippen molar-refractivity contribution in [2.45, 2.75) is 27.4 Å². The van der Waals surface area contributed by atoms with Crippen molar-refractivity contribution in [1.82, 2.24) is 4.57 Å². The van der Waals surface area contributed by atoms with E-state index in [1.807, 2.05) is 106 Å². The molecule has 0 aliphatic rings. The van der Waals surface area contributed by atoms with Crippen LogP contribution in [-0.4, -0.2) is 10.5 Å². The summed E-state index contributed by atoms with van der Waals surface area (Å²) in [5.41, 5.74) is 6.52. The van der Waals surface area contributed by atoms with E-state index in [0.29, 0.717) is 17.3 Å². The standard InChI is InChI=1S/C30H26ClN3O2/c1-20-4-10-27(11-5-20)33-30(35)25(18-32)17-24-16-21(2)34(22(24)3)28-12-14-29(15-13-28)36-19-23-6-8-26(31)9-7-23/h4-17H,19H2,1-3H3,(H,33,35)/b25-17-. The van der Waals surface area contributed by atoms with Crippen molar-refractivity contribution in [2.75, 3.05) is 5.32 Å². The number of rotatable bonds is 7. The highest BCUT2D eigenvalue weighted by Gasteiger charge is 2.14. The lowest BCUT2D eigenvalue weighted by Crippen LogP contribution is -2.13. The first-order valence-corrected chi connectivity index (χ1v) is 11.9. The quantitative estimate of drug-likeness (QED) is 0.218. The second kappa shape index (κ2) is 11.0. The van der Waals surface area contributed by atoms with E-state index < -0.39 is 5.91 Å². The maximum atomic E-state index is 12.7. The largest absolute Gasteiger partial charge is 0.489 e. The van der Waals surface area contributed by atoms with E-state index in [-0.39, 0.29) is 5.57 Å². The monoisotopic (exact) mass is 495 g/mol. The van der Waals surface area contributed by atoms with Crippen LogP contribution in [0.2, 0.25) is 5.02 Å². The maximum absolute atomic E-state index is 12.7. The first-order valence-electron chi connectivity index (χ1n) is 11.5. The molecule has 0 atom stereocenters. The number of carbonyl (C=O) groups excluding carboxylic acids is 1. The summed E-state index contributed by atoms with van der Waals surface area (Å²) >= 11 is 5.94. The second-order valence-corrected chi connectivity index (χ2v) is 9.00. The SMILES string of the molecule is Cc1ccc(NC(=O)/C(C#N)=C\c2cc(C)n(-c3ccc(OCc4ccc(Cl)cc4)cc3)c2C)cc1. The number of carbonyl (C=O) groups is 1. The molecule has 0 aliphatic heterocycles. The van der Waals surface area contributed by atoms with Gasteiger partial charge in [0.05, 0.1) is 0 Å². The molecule has 3 aromatic carbocycles. The molecule has 4 rings (SSSR count). The number of halogens is 1. The second-order valence-electron chi connectivity index (χ2n) is 8.56. The number of nitrogens with zero attached hydrogens (tertiary/aromatic N) is 2. The molecule has 0 aliphatic carbocycles. The highest BCUT2D eigenvalue weighted by atomic mass is 35.5. The molecule has 0 spiro atoms. The lowest BCUT2D eigenvalue weighted by molar-refractivity contribution is -0.112. The van der Waals surface area contributed by atoms with Crippen LogP contribution in [-0.2, 0) is 11.4 Å². The van der Waals surface area contributed by atoms with Gasteiger partial charge in [-0.3, -0.25) is 4.79 Å². The number of ether oxygens (including phenoxy) is 1. The van der Waals surface area contributed by atoms with Crippen molar-refractivity contribution in [3.8, 4) is 17.5 Å². The number of hydrogen-bond acceptors (Lipinski definition) is 3. The van der Waals surface area contributed by atoms with Gasteiger partial charge < -0.3 is 14.6 Å². The number of hydrogen-bond donors (Lipinski definition) is 1.